The predicted molar refractivity (Wildman–Crippen MR) is 107 cm³/mol. The molecule has 0 aliphatic rings. The summed E-state index contributed by atoms with van der Waals surface area (Å²) in [6.07, 6.45) is 1.68. The quantitative estimate of drug-likeness (QED) is 0.628. The van der Waals surface area contributed by atoms with Gasteiger partial charge in [-0.2, -0.15) is 0 Å². The molecule has 2 N–H and O–H groups in total. The average Bonchev–Trinajstić information content (AvgIpc) is 2.68. The Hall–Kier alpha value is -3.25. The highest BCUT2D eigenvalue weighted by atomic mass is 16.5. The van der Waals surface area contributed by atoms with Crippen LogP contribution in [-0.2, 0) is 0 Å². The van der Waals surface area contributed by atoms with Crippen molar-refractivity contribution in [3.05, 3.63) is 66.9 Å². The zero-order valence-corrected chi connectivity index (χ0v) is 15.4. The molecule has 2 aromatic carbocycles. The van der Waals surface area contributed by atoms with E-state index in [0.717, 1.165) is 17.1 Å². The van der Waals surface area contributed by atoms with Crippen molar-refractivity contribution in [1.29, 1.82) is 0 Å². The summed E-state index contributed by atoms with van der Waals surface area (Å²) in [6.45, 7) is 0.251. The zero-order valence-electron chi connectivity index (χ0n) is 15.4. The van der Waals surface area contributed by atoms with Gasteiger partial charge < -0.3 is 24.8 Å². The lowest BCUT2D eigenvalue weighted by molar-refractivity contribution is 0.201. The van der Waals surface area contributed by atoms with Crippen molar-refractivity contribution in [3.8, 4) is 17.2 Å². The molecular formula is C21H23N3O3. The number of aliphatic hydroxyl groups excluding tert-OH is 1. The fourth-order valence-electron chi connectivity index (χ4n) is 2.45. The molecule has 3 rings (SSSR count). The Morgan fingerprint density at radius 3 is 2.52 bits per heavy atom. The van der Waals surface area contributed by atoms with Crippen LogP contribution in [-0.4, -0.2) is 37.4 Å². The van der Waals surface area contributed by atoms with Crippen LogP contribution in [0.15, 0.2) is 66.9 Å². The Kier molecular flexibility index (Phi) is 6.12. The van der Waals surface area contributed by atoms with Gasteiger partial charge in [0.1, 0.15) is 29.7 Å². The molecule has 27 heavy (non-hydrogen) atoms. The Balaban J connectivity index is 1.64. The molecule has 0 amide bonds. The van der Waals surface area contributed by atoms with Crippen LogP contribution in [0.3, 0.4) is 0 Å². The van der Waals surface area contributed by atoms with Crippen molar-refractivity contribution < 1.29 is 14.6 Å². The first kappa shape index (κ1) is 18.5. The van der Waals surface area contributed by atoms with E-state index in [9.17, 15) is 0 Å². The summed E-state index contributed by atoms with van der Waals surface area (Å²) in [6, 6.07) is 19.1. The average molecular weight is 365 g/mol. The largest absolute Gasteiger partial charge is 0.491 e. The van der Waals surface area contributed by atoms with E-state index in [-0.39, 0.29) is 13.2 Å². The third-order valence-corrected chi connectivity index (χ3v) is 3.77. The molecule has 6 nitrogen and oxygen atoms in total. The third kappa shape index (κ3) is 5.36. The number of benzene rings is 2. The van der Waals surface area contributed by atoms with E-state index < -0.39 is 0 Å². The first-order valence-electron chi connectivity index (χ1n) is 8.66. The van der Waals surface area contributed by atoms with Gasteiger partial charge >= 0.3 is 0 Å². The first-order valence-corrected chi connectivity index (χ1v) is 8.66. The highest BCUT2D eigenvalue weighted by Crippen LogP contribution is 2.26. The number of pyridine rings is 1. The molecule has 0 radical (unpaired) electrons. The molecule has 0 fully saturated rings. The second kappa shape index (κ2) is 8.91. The van der Waals surface area contributed by atoms with Gasteiger partial charge in [0.2, 0.25) is 0 Å². The monoisotopic (exact) mass is 365 g/mol. The summed E-state index contributed by atoms with van der Waals surface area (Å²) < 4.78 is 11.3. The van der Waals surface area contributed by atoms with Gasteiger partial charge in [0.05, 0.1) is 12.8 Å². The van der Waals surface area contributed by atoms with E-state index in [4.69, 9.17) is 14.6 Å². The number of nitrogens with zero attached hydrogens (tertiary/aromatic N) is 2. The minimum Gasteiger partial charge on any atom is -0.491 e. The highest BCUT2D eigenvalue weighted by molar-refractivity contribution is 5.58. The van der Waals surface area contributed by atoms with E-state index in [0.29, 0.717) is 17.3 Å². The van der Waals surface area contributed by atoms with Gasteiger partial charge in [-0.1, -0.05) is 12.1 Å². The van der Waals surface area contributed by atoms with Gasteiger partial charge in [0, 0.05) is 37.6 Å². The Morgan fingerprint density at radius 2 is 1.78 bits per heavy atom. The lowest BCUT2D eigenvalue weighted by Crippen LogP contribution is -2.08. The summed E-state index contributed by atoms with van der Waals surface area (Å²) in [5.41, 5.74) is 1.92. The molecule has 6 heteroatoms. The van der Waals surface area contributed by atoms with Crippen LogP contribution in [0.25, 0.3) is 0 Å². The molecule has 140 valence electrons. The molecule has 1 heterocycles. The molecule has 0 spiro atoms. The molecule has 1 aromatic heterocycles. The number of hydrogen-bond acceptors (Lipinski definition) is 6. The second-order valence-corrected chi connectivity index (χ2v) is 6.10. The SMILES string of the molecule is CN(C)c1cccc(Oc2ccc(Nc3cccc(OCCO)c3)nc2)c1. The number of rotatable bonds is 8. The van der Waals surface area contributed by atoms with E-state index in [1.165, 1.54) is 0 Å². The van der Waals surface area contributed by atoms with Crippen LogP contribution >= 0.6 is 0 Å². The molecule has 0 saturated carbocycles. The minimum atomic E-state index is -0.0157. The van der Waals surface area contributed by atoms with E-state index in [1.807, 2.05) is 79.7 Å². The molecule has 0 saturated heterocycles. The number of aliphatic hydroxyl groups is 1. The van der Waals surface area contributed by atoms with Crippen molar-refractivity contribution in [3.63, 3.8) is 0 Å². The van der Waals surface area contributed by atoms with Gasteiger partial charge in [-0.05, 0) is 36.4 Å². The summed E-state index contributed by atoms with van der Waals surface area (Å²) >= 11 is 0. The van der Waals surface area contributed by atoms with Crippen LogP contribution in [0.1, 0.15) is 0 Å². The number of anilines is 3. The first-order chi connectivity index (χ1) is 13.1. The van der Waals surface area contributed by atoms with Crippen molar-refractivity contribution in [1.82, 2.24) is 4.98 Å². The number of hydrogen-bond donors (Lipinski definition) is 2. The number of ether oxygens (including phenoxy) is 2. The predicted octanol–water partition coefficient (Wildman–Crippen LogP) is 4.05. The van der Waals surface area contributed by atoms with Crippen molar-refractivity contribution in [2.45, 2.75) is 0 Å². The van der Waals surface area contributed by atoms with Crippen LogP contribution in [0.4, 0.5) is 17.2 Å². The van der Waals surface area contributed by atoms with Crippen LogP contribution in [0, 0.1) is 0 Å². The smallest absolute Gasteiger partial charge is 0.145 e. The minimum absolute atomic E-state index is 0.0157. The van der Waals surface area contributed by atoms with Crippen molar-refractivity contribution in [2.24, 2.45) is 0 Å². The Labute approximate surface area is 159 Å². The maximum atomic E-state index is 8.84. The van der Waals surface area contributed by atoms with Crippen LogP contribution < -0.4 is 19.7 Å². The van der Waals surface area contributed by atoms with E-state index in [1.54, 1.807) is 6.20 Å². The molecule has 0 unspecified atom stereocenters. The Morgan fingerprint density at radius 1 is 0.963 bits per heavy atom. The topological polar surface area (TPSA) is 66.9 Å². The van der Waals surface area contributed by atoms with Crippen LogP contribution in [0.2, 0.25) is 0 Å². The summed E-state index contributed by atoms with van der Waals surface area (Å²) in [5.74, 6) is 2.81. The lowest BCUT2D eigenvalue weighted by Gasteiger charge is -2.14. The zero-order chi connectivity index (χ0) is 19.1. The fraction of sp³-hybridized carbons (Fsp3) is 0.190. The maximum absolute atomic E-state index is 8.84. The molecule has 0 atom stereocenters. The number of nitrogens with one attached hydrogen (secondary N) is 1. The Bertz CT molecular complexity index is 867. The molecule has 0 aliphatic carbocycles. The molecule has 0 aliphatic heterocycles. The summed E-state index contributed by atoms with van der Waals surface area (Å²) in [5, 5.41) is 12.1. The normalized spacial score (nSPS) is 10.3. The standard InChI is InChI=1S/C21H23N3O3/c1-24(2)17-6-4-8-19(14-17)27-20-9-10-21(22-15-20)23-16-5-3-7-18(13-16)26-12-11-25/h3-10,13-15,25H,11-12H2,1-2H3,(H,22,23). The highest BCUT2D eigenvalue weighted by Gasteiger charge is 2.03. The fourth-order valence-corrected chi connectivity index (χ4v) is 2.45. The van der Waals surface area contributed by atoms with Gasteiger partial charge in [-0.3, -0.25) is 0 Å². The van der Waals surface area contributed by atoms with Gasteiger partial charge in [0.15, 0.2) is 0 Å². The van der Waals surface area contributed by atoms with E-state index >= 15 is 0 Å². The molecular weight excluding hydrogens is 342 g/mol. The maximum Gasteiger partial charge on any atom is 0.145 e. The summed E-state index contributed by atoms with van der Waals surface area (Å²) in [4.78, 5) is 6.42. The van der Waals surface area contributed by atoms with Crippen molar-refractivity contribution in [2.75, 3.05) is 37.5 Å². The third-order valence-electron chi connectivity index (χ3n) is 3.77. The van der Waals surface area contributed by atoms with Gasteiger partial charge in [-0.25, -0.2) is 4.98 Å². The second-order valence-electron chi connectivity index (χ2n) is 6.10. The van der Waals surface area contributed by atoms with E-state index in [2.05, 4.69) is 10.3 Å². The van der Waals surface area contributed by atoms with Gasteiger partial charge in [-0.15, -0.1) is 0 Å². The van der Waals surface area contributed by atoms with Crippen LogP contribution in [0.5, 0.6) is 17.2 Å². The number of aromatic nitrogens is 1. The molecule has 3 aromatic rings. The summed E-state index contributed by atoms with van der Waals surface area (Å²) in [7, 11) is 3.98. The molecule has 0 bridgehead atoms. The van der Waals surface area contributed by atoms with Crippen molar-refractivity contribution >= 4 is 17.2 Å². The lowest BCUT2D eigenvalue weighted by atomic mass is 10.3. The van der Waals surface area contributed by atoms with Gasteiger partial charge in [0.25, 0.3) is 0 Å².